The Hall–Kier alpha value is -2.21. The minimum Gasteiger partial charge on any atom is -0.439 e. The van der Waals surface area contributed by atoms with E-state index in [1.54, 1.807) is 13.0 Å². The van der Waals surface area contributed by atoms with Gasteiger partial charge in [-0.05, 0) is 30.7 Å². The van der Waals surface area contributed by atoms with Crippen molar-refractivity contribution in [3.63, 3.8) is 0 Å². The van der Waals surface area contributed by atoms with Gasteiger partial charge >= 0.3 is 0 Å². The van der Waals surface area contributed by atoms with Crippen LogP contribution in [0.2, 0.25) is 0 Å². The fourth-order valence-corrected chi connectivity index (χ4v) is 1.54. The highest BCUT2D eigenvalue weighted by atomic mass is 19.1. The molecule has 0 amide bonds. The van der Waals surface area contributed by atoms with Crippen LogP contribution in [0.1, 0.15) is 11.4 Å². The molecule has 0 saturated heterocycles. The number of halogens is 1. The van der Waals surface area contributed by atoms with Crippen LogP contribution in [-0.4, -0.2) is 17.1 Å². The summed E-state index contributed by atoms with van der Waals surface area (Å²) in [5.74, 6) is 1.22. The van der Waals surface area contributed by atoms with Crippen LogP contribution in [0.4, 0.5) is 10.2 Å². The van der Waals surface area contributed by atoms with Crippen molar-refractivity contribution in [2.75, 3.05) is 12.8 Å². The number of rotatable bonds is 4. The van der Waals surface area contributed by atoms with Crippen molar-refractivity contribution >= 4 is 5.82 Å². The molecule has 0 spiro atoms. The Kier molecular flexibility index (Phi) is 3.91. The van der Waals surface area contributed by atoms with Gasteiger partial charge in [-0.1, -0.05) is 0 Å². The molecule has 0 fully saturated rings. The Morgan fingerprint density at radius 1 is 1.26 bits per heavy atom. The fraction of sp³-hybridized carbons (Fsp3) is 0.231. The number of hydrogen-bond donors (Lipinski definition) is 1. The molecule has 100 valence electrons. The molecule has 0 aliphatic heterocycles. The number of nitrogens with zero attached hydrogens (tertiary/aromatic N) is 2. The molecule has 0 aliphatic carbocycles. The standard InChI is InChI=1S/C13H14FN3O2/c1-8-5-9(3-4-10(8)14)19-13-6-11(15)16-12(17-13)7-18-2/h3-6H,7H2,1-2H3,(H2,15,16,17). The summed E-state index contributed by atoms with van der Waals surface area (Å²) < 4.78 is 23.6. The van der Waals surface area contributed by atoms with Crippen molar-refractivity contribution in [1.29, 1.82) is 0 Å². The Balaban J connectivity index is 2.24. The van der Waals surface area contributed by atoms with Crippen LogP contribution in [-0.2, 0) is 11.3 Å². The Morgan fingerprint density at radius 3 is 2.74 bits per heavy atom. The van der Waals surface area contributed by atoms with Gasteiger partial charge in [-0.15, -0.1) is 0 Å². The topological polar surface area (TPSA) is 70.3 Å². The minimum atomic E-state index is -0.283. The van der Waals surface area contributed by atoms with E-state index < -0.39 is 0 Å². The highest BCUT2D eigenvalue weighted by Gasteiger charge is 2.06. The molecule has 5 nitrogen and oxygen atoms in total. The first kappa shape index (κ1) is 13.2. The van der Waals surface area contributed by atoms with E-state index in [1.807, 2.05) is 0 Å². The molecule has 2 N–H and O–H groups in total. The summed E-state index contributed by atoms with van der Waals surface area (Å²) in [7, 11) is 1.54. The summed E-state index contributed by atoms with van der Waals surface area (Å²) in [4.78, 5) is 8.14. The van der Waals surface area contributed by atoms with Gasteiger partial charge in [-0.3, -0.25) is 0 Å². The zero-order valence-corrected chi connectivity index (χ0v) is 10.7. The molecule has 1 aromatic carbocycles. The van der Waals surface area contributed by atoms with E-state index in [9.17, 15) is 4.39 Å². The average Bonchev–Trinajstić information content (AvgIpc) is 2.33. The molecule has 0 radical (unpaired) electrons. The van der Waals surface area contributed by atoms with Gasteiger partial charge in [-0.25, -0.2) is 9.37 Å². The number of aryl methyl sites for hydroxylation is 1. The van der Waals surface area contributed by atoms with Crippen LogP contribution in [0.15, 0.2) is 24.3 Å². The monoisotopic (exact) mass is 263 g/mol. The normalized spacial score (nSPS) is 10.5. The first-order chi connectivity index (χ1) is 9.08. The smallest absolute Gasteiger partial charge is 0.224 e. The second-order valence-corrected chi connectivity index (χ2v) is 3.99. The van der Waals surface area contributed by atoms with Crippen LogP contribution in [0.5, 0.6) is 11.6 Å². The third kappa shape index (κ3) is 3.38. The second-order valence-electron chi connectivity index (χ2n) is 3.99. The Bertz CT molecular complexity index is 590. The zero-order chi connectivity index (χ0) is 13.8. The molecule has 2 aromatic rings. The molecule has 19 heavy (non-hydrogen) atoms. The molecule has 0 atom stereocenters. The second kappa shape index (κ2) is 5.62. The van der Waals surface area contributed by atoms with E-state index >= 15 is 0 Å². The quantitative estimate of drug-likeness (QED) is 0.917. The number of nitrogens with two attached hydrogens (primary N) is 1. The molecule has 0 unspecified atom stereocenters. The van der Waals surface area contributed by atoms with E-state index in [0.29, 0.717) is 23.0 Å². The van der Waals surface area contributed by atoms with E-state index in [-0.39, 0.29) is 18.2 Å². The van der Waals surface area contributed by atoms with Crippen molar-refractivity contribution in [3.05, 3.63) is 41.5 Å². The van der Waals surface area contributed by atoms with Gasteiger partial charge in [0.1, 0.15) is 24.0 Å². The van der Waals surface area contributed by atoms with E-state index in [0.717, 1.165) is 0 Å². The molecule has 1 aromatic heterocycles. The summed E-state index contributed by atoms with van der Waals surface area (Å²) in [5.41, 5.74) is 6.15. The van der Waals surface area contributed by atoms with Gasteiger partial charge in [0.25, 0.3) is 0 Å². The van der Waals surface area contributed by atoms with Crippen molar-refractivity contribution in [3.8, 4) is 11.6 Å². The predicted molar refractivity (Wildman–Crippen MR) is 68.4 cm³/mol. The molecule has 0 bridgehead atoms. The zero-order valence-electron chi connectivity index (χ0n) is 10.7. The van der Waals surface area contributed by atoms with Gasteiger partial charge < -0.3 is 15.2 Å². The van der Waals surface area contributed by atoms with Gasteiger partial charge in [-0.2, -0.15) is 4.98 Å². The van der Waals surface area contributed by atoms with Gasteiger partial charge in [0, 0.05) is 13.2 Å². The Labute approximate surface area is 110 Å². The summed E-state index contributed by atoms with van der Waals surface area (Å²) in [6, 6.07) is 5.95. The molecule has 0 aliphatic rings. The van der Waals surface area contributed by atoms with E-state index in [1.165, 1.54) is 25.3 Å². The number of benzene rings is 1. The van der Waals surface area contributed by atoms with E-state index in [4.69, 9.17) is 15.2 Å². The number of hydrogen-bond acceptors (Lipinski definition) is 5. The van der Waals surface area contributed by atoms with E-state index in [2.05, 4.69) is 9.97 Å². The maximum atomic E-state index is 13.1. The molecular formula is C13H14FN3O2. The fourth-order valence-electron chi connectivity index (χ4n) is 1.54. The molecule has 1 heterocycles. The number of methoxy groups -OCH3 is 1. The summed E-state index contributed by atoms with van der Waals surface area (Å²) >= 11 is 0. The maximum absolute atomic E-state index is 13.1. The first-order valence-corrected chi connectivity index (χ1v) is 5.65. The lowest BCUT2D eigenvalue weighted by Crippen LogP contribution is -2.02. The molecule has 0 saturated carbocycles. The van der Waals surface area contributed by atoms with Crippen LogP contribution < -0.4 is 10.5 Å². The predicted octanol–water partition coefficient (Wildman–Crippen LogP) is 2.45. The van der Waals surface area contributed by atoms with Crippen molar-refractivity contribution in [2.45, 2.75) is 13.5 Å². The third-order valence-electron chi connectivity index (χ3n) is 2.39. The van der Waals surface area contributed by atoms with Gasteiger partial charge in [0.15, 0.2) is 5.82 Å². The number of aromatic nitrogens is 2. The third-order valence-corrected chi connectivity index (χ3v) is 2.39. The minimum absolute atomic E-state index is 0.240. The Morgan fingerprint density at radius 2 is 2.05 bits per heavy atom. The first-order valence-electron chi connectivity index (χ1n) is 5.65. The maximum Gasteiger partial charge on any atom is 0.224 e. The average molecular weight is 263 g/mol. The van der Waals surface area contributed by atoms with Crippen molar-refractivity contribution in [2.24, 2.45) is 0 Å². The highest BCUT2D eigenvalue weighted by molar-refractivity contribution is 5.37. The molecular weight excluding hydrogens is 249 g/mol. The van der Waals surface area contributed by atoms with Crippen LogP contribution in [0, 0.1) is 12.7 Å². The number of nitrogen functional groups attached to an aromatic ring is 1. The van der Waals surface area contributed by atoms with Crippen LogP contribution in [0.3, 0.4) is 0 Å². The van der Waals surface area contributed by atoms with Crippen molar-refractivity contribution < 1.29 is 13.9 Å². The number of ether oxygens (including phenoxy) is 2. The SMILES string of the molecule is COCc1nc(N)cc(Oc2ccc(F)c(C)c2)n1. The van der Waals surface area contributed by atoms with Gasteiger partial charge in [0.2, 0.25) is 5.88 Å². The van der Waals surface area contributed by atoms with Crippen LogP contribution >= 0.6 is 0 Å². The molecule has 2 rings (SSSR count). The van der Waals surface area contributed by atoms with Crippen molar-refractivity contribution in [1.82, 2.24) is 9.97 Å². The summed E-state index contributed by atoms with van der Waals surface area (Å²) in [6.07, 6.45) is 0. The molecule has 6 heteroatoms. The lowest BCUT2D eigenvalue weighted by molar-refractivity contribution is 0.177. The lowest BCUT2D eigenvalue weighted by atomic mass is 10.2. The number of anilines is 1. The summed E-state index contributed by atoms with van der Waals surface area (Å²) in [6.45, 7) is 1.90. The largest absolute Gasteiger partial charge is 0.439 e. The van der Waals surface area contributed by atoms with Crippen LogP contribution in [0.25, 0.3) is 0 Å². The highest BCUT2D eigenvalue weighted by Crippen LogP contribution is 2.23. The lowest BCUT2D eigenvalue weighted by Gasteiger charge is -2.08. The van der Waals surface area contributed by atoms with Gasteiger partial charge in [0.05, 0.1) is 0 Å². The summed E-state index contributed by atoms with van der Waals surface area (Å²) in [5, 5.41) is 0.